The fourth-order valence-corrected chi connectivity index (χ4v) is 2.88. The average molecular weight is 238 g/mol. The van der Waals surface area contributed by atoms with Crippen molar-refractivity contribution in [2.24, 2.45) is 0 Å². The molecule has 18 heavy (non-hydrogen) atoms. The molecule has 0 aliphatic heterocycles. The van der Waals surface area contributed by atoms with Gasteiger partial charge < -0.3 is 5.11 Å². The van der Waals surface area contributed by atoms with Gasteiger partial charge >= 0.3 is 5.97 Å². The Bertz CT molecular complexity index is 602. The van der Waals surface area contributed by atoms with E-state index >= 15 is 0 Å². The van der Waals surface area contributed by atoms with Gasteiger partial charge in [-0.15, -0.1) is 0 Å². The number of aryl methyl sites for hydroxylation is 1. The van der Waals surface area contributed by atoms with E-state index in [-0.39, 0.29) is 5.92 Å². The minimum atomic E-state index is -0.838. The predicted octanol–water partition coefficient (Wildman–Crippen LogP) is 3.46. The minimum Gasteiger partial charge on any atom is -0.478 e. The van der Waals surface area contributed by atoms with Crippen LogP contribution < -0.4 is 0 Å². The van der Waals surface area contributed by atoms with Gasteiger partial charge in [-0.25, -0.2) is 4.79 Å². The molecule has 3 rings (SSSR count). The molecular formula is C16H14O2. The van der Waals surface area contributed by atoms with Crippen molar-refractivity contribution in [3.8, 4) is 0 Å². The zero-order valence-corrected chi connectivity index (χ0v) is 9.97. The minimum absolute atomic E-state index is 0.230. The molecule has 2 aromatic carbocycles. The highest BCUT2D eigenvalue weighted by molar-refractivity contribution is 5.89. The largest absolute Gasteiger partial charge is 0.478 e. The molecule has 0 bridgehead atoms. The number of rotatable bonds is 2. The molecular weight excluding hydrogens is 224 g/mol. The maximum atomic E-state index is 11.3. The summed E-state index contributed by atoms with van der Waals surface area (Å²) in [6.07, 6.45) is 2.04. The molecule has 1 atom stereocenters. The van der Waals surface area contributed by atoms with Crippen molar-refractivity contribution >= 4 is 5.97 Å². The lowest BCUT2D eigenvalue weighted by atomic mass is 9.89. The third-order valence-corrected chi connectivity index (χ3v) is 3.70. The van der Waals surface area contributed by atoms with Crippen molar-refractivity contribution in [2.45, 2.75) is 18.8 Å². The van der Waals surface area contributed by atoms with Crippen LogP contribution in [0.1, 0.15) is 39.4 Å². The highest BCUT2D eigenvalue weighted by Crippen LogP contribution is 2.39. The Morgan fingerprint density at radius 2 is 1.67 bits per heavy atom. The summed E-state index contributed by atoms with van der Waals surface area (Å²) >= 11 is 0. The number of benzene rings is 2. The lowest BCUT2D eigenvalue weighted by molar-refractivity contribution is 0.0695. The molecule has 0 saturated heterocycles. The van der Waals surface area contributed by atoms with Gasteiger partial charge in [0, 0.05) is 5.92 Å². The van der Waals surface area contributed by atoms with Crippen molar-refractivity contribution in [3.63, 3.8) is 0 Å². The molecule has 2 heteroatoms. The molecule has 0 spiro atoms. The van der Waals surface area contributed by atoms with Crippen LogP contribution in [0.2, 0.25) is 0 Å². The summed E-state index contributed by atoms with van der Waals surface area (Å²) in [5.74, 6) is -0.608. The Kier molecular flexibility index (Phi) is 2.63. The van der Waals surface area contributed by atoms with Crippen LogP contribution in [-0.2, 0) is 6.42 Å². The van der Waals surface area contributed by atoms with Crippen molar-refractivity contribution in [1.29, 1.82) is 0 Å². The third-order valence-electron chi connectivity index (χ3n) is 3.70. The molecule has 0 amide bonds. The van der Waals surface area contributed by atoms with E-state index in [2.05, 4.69) is 12.1 Å². The smallest absolute Gasteiger partial charge is 0.335 e. The van der Waals surface area contributed by atoms with E-state index in [4.69, 9.17) is 0 Å². The quantitative estimate of drug-likeness (QED) is 0.869. The Balaban J connectivity index is 2.10. The van der Waals surface area contributed by atoms with Gasteiger partial charge in [0.15, 0.2) is 0 Å². The lowest BCUT2D eigenvalue weighted by Crippen LogP contribution is -2.06. The standard InChI is InChI=1S/C16H14O2/c17-16(18)15-8-4-3-7-13(15)14-10-9-11-5-1-2-6-12(11)14/h1-8,14H,9-10H2,(H,17,18). The van der Waals surface area contributed by atoms with Crippen LogP contribution in [0, 0.1) is 0 Å². The first-order chi connectivity index (χ1) is 8.77. The number of carbonyl (C=O) groups is 1. The van der Waals surface area contributed by atoms with Crippen LogP contribution in [0.25, 0.3) is 0 Å². The van der Waals surface area contributed by atoms with Crippen molar-refractivity contribution < 1.29 is 9.90 Å². The fourth-order valence-electron chi connectivity index (χ4n) is 2.88. The van der Waals surface area contributed by atoms with Crippen LogP contribution >= 0.6 is 0 Å². The van der Waals surface area contributed by atoms with Crippen LogP contribution in [0.3, 0.4) is 0 Å². The summed E-state index contributed by atoms with van der Waals surface area (Å²) in [5, 5.41) is 9.27. The van der Waals surface area contributed by atoms with Crippen molar-refractivity contribution in [3.05, 3.63) is 70.8 Å². The number of carboxylic acids is 1. The summed E-state index contributed by atoms with van der Waals surface area (Å²) < 4.78 is 0. The second-order valence-corrected chi connectivity index (χ2v) is 4.68. The summed E-state index contributed by atoms with van der Waals surface area (Å²) in [6, 6.07) is 15.7. The van der Waals surface area contributed by atoms with Gasteiger partial charge in [-0.3, -0.25) is 0 Å². The maximum Gasteiger partial charge on any atom is 0.335 e. The number of carboxylic acid groups (broad SMARTS) is 1. The van der Waals surface area contributed by atoms with Crippen LogP contribution in [0.4, 0.5) is 0 Å². The Labute approximate surface area is 106 Å². The first kappa shape index (κ1) is 11.0. The highest BCUT2D eigenvalue weighted by Gasteiger charge is 2.26. The second-order valence-electron chi connectivity index (χ2n) is 4.68. The van der Waals surface area contributed by atoms with Gasteiger partial charge in [-0.2, -0.15) is 0 Å². The first-order valence-corrected chi connectivity index (χ1v) is 6.17. The van der Waals surface area contributed by atoms with Crippen molar-refractivity contribution in [1.82, 2.24) is 0 Å². The molecule has 1 aliphatic carbocycles. The monoisotopic (exact) mass is 238 g/mol. The Morgan fingerprint density at radius 3 is 2.44 bits per heavy atom. The number of hydrogen-bond donors (Lipinski definition) is 1. The van der Waals surface area contributed by atoms with Gasteiger partial charge in [0.2, 0.25) is 0 Å². The van der Waals surface area contributed by atoms with Crippen LogP contribution in [0.5, 0.6) is 0 Å². The van der Waals surface area contributed by atoms with Crippen LogP contribution in [-0.4, -0.2) is 11.1 Å². The second kappa shape index (κ2) is 4.30. The first-order valence-electron chi connectivity index (χ1n) is 6.17. The fraction of sp³-hybridized carbons (Fsp3) is 0.188. The van der Waals surface area contributed by atoms with E-state index in [1.54, 1.807) is 12.1 Å². The molecule has 0 saturated carbocycles. The molecule has 0 aromatic heterocycles. The SMILES string of the molecule is O=C(O)c1ccccc1C1CCc2ccccc21. The van der Waals surface area contributed by atoms with E-state index in [1.807, 2.05) is 24.3 Å². The summed E-state index contributed by atoms with van der Waals surface area (Å²) in [5.41, 5.74) is 4.00. The third kappa shape index (κ3) is 1.70. The number of hydrogen-bond acceptors (Lipinski definition) is 1. The number of fused-ring (bicyclic) bond motifs is 1. The van der Waals surface area contributed by atoms with E-state index in [9.17, 15) is 9.90 Å². The van der Waals surface area contributed by atoms with E-state index in [0.29, 0.717) is 5.56 Å². The molecule has 1 aliphatic rings. The highest BCUT2D eigenvalue weighted by atomic mass is 16.4. The predicted molar refractivity (Wildman–Crippen MR) is 70.0 cm³/mol. The van der Waals surface area contributed by atoms with Gasteiger partial charge in [-0.1, -0.05) is 42.5 Å². The van der Waals surface area contributed by atoms with E-state index < -0.39 is 5.97 Å². The number of aromatic carboxylic acids is 1. The molecule has 0 fully saturated rings. The molecule has 1 unspecified atom stereocenters. The molecule has 2 aromatic rings. The van der Waals surface area contributed by atoms with Gasteiger partial charge in [-0.05, 0) is 35.6 Å². The summed E-state index contributed by atoms with van der Waals surface area (Å²) in [6.45, 7) is 0. The Hall–Kier alpha value is -2.09. The summed E-state index contributed by atoms with van der Waals surface area (Å²) in [7, 11) is 0. The van der Waals surface area contributed by atoms with Gasteiger partial charge in [0.25, 0.3) is 0 Å². The normalized spacial score (nSPS) is 17.4. The van der Waals surface area contributed by atoms with Gasteiger partial charge in [0.05, 0.1) is 5.56 Å². The van der Waals surface area contributed by atoms with E-state index in [0.717, 1.165) is 18.4 Å². The topological polar surface area (TPSA) is 37.3 Å². The molecule has 1 N–H and O–H groups in total. The zero-order valence-electron chi connectivity index (χ0n) is 9.97. The molecule has 90 valence electrons. The maximum absolute atomic E-state index is 11.3. The van der Waals surface area contributed by atoms with Crippen molar-refractivity contribution in [2.75, 3.05) is 0 Å². The lowest BCUT2D eigenvalue weighted by Gasteiger charge is -2.14. The summed E-state index contributed by atoms with van der Waals surface area (Å²) in [4.78, 5) is 11.3. The van der Waals surface area contributed by atoms with Crippen LogP contribution in [0.15, 0.2) is 48.5 Å². The van der Waals surface area contributed by atoms with Gasteiger partial charge in [0.1, 0.15) is 0 Å². The molecule has 0 radical (unpaired) electrons. The average Bonchev–Trinajstić information content (AvgIpc) is 2.82. The zero-order chi connectivity index (χ0) is 12.5. The van der Waals surface area contributed by atoms with E-state index in [1.165, 1.54) is 11.1 Å². The molecule has 0 heterocycles. The Morgan fingerprint density at radius 1 is 1.00 bits per heavy atom. The molecule has 2 nitrogen and oxygen atoms in total.